The van der Waals surface area contributed by atoms with Crippen LogP contribution in [0.5, 0.6) is 11.5 Å². The quantitative estimate of drug-likeness (QED) is 0.405. The lowest BCUT2D eigenvalue weighted by atomic mass is 10.1. The summed E-state index contributed by atoms with van der Waals surface area (Å²) in [7, 11) is 0. The molecule has 3 N–H and O–H groups in total. The van der Waals surface area contributed by atoms with Crippen LogP contribution in [0.15, 0.2) is 72.8 Å². The van der Waals surface area contributed by atoms with Crippen LogP contribution in [0, 0.1) is 0 Å². The maximum Gasteiger partial charge on any atom is 0.269 e. The second kappa shape index (κ2) is 12.3. The Labute approximate surface area is 202 Å². The molecule has 0 aromatic heterocycles. The van der Waals surface area contributed by atoms with E-state index in [-0.39, 0.29) is 6.54 Å². The van der Waals surface area contributed by atoms with Gasteiger partial charge >= 0.3 is 0 Å². The molecule has 3 rings (SSSR count). The SMILES string of the molecule is CCOc1ccc(C(=O)NCC(=O)NNC(=O)c2ccc(COc3ccc(Cl)cc3)cc2)cc1. The Morgan fingerprint density at radius 3 is 1.94 bits per heavy atom. The monoisotopic (exact) mass is 481 g/mol. The van der Waals surface area contributed by atoms with E-state index in [9.17, 15) is 14.4 Å². The van der Waals surface area contributed by atoms with Crippen LogP contribution in [-0.4, -0.2) is 30.9 Å². The zero-order chi connectivity index (χ0) is 24.3. The van der Waals surface area contributed by atoms with Crippen molar-refractivity contribution in [2.45, 2.75) is 13.5 Å². The molecule has 3 amide bonds. The Kier molecular flexibility index (Phi) is 8.88. The van der Waals surface area contributed by atoms with Crippen LogP contribution in [0.2, 0.25) is 5.02 Å². The van der Waals surface area contributed by atoms with Crippen molar-refractivity contribution in [3.8, 4) is 11.5 Å². The molecule has 0 spiro atoms. The van der Waals surface area contributed by atoms with Crippen LogP contribution in [0.1, 0.15) is 33.2 Å². The van der Waals surface area contributed by atoms with Gasteiger partial charge in [0.15, 0.2) is 0 Å². The van der Waals surface area contributed by atoms with Gasteiger partial charge in [-0.3, -0.25) is 25.2 Å². The van der Waals surface area contributed by atoms with E-state index >= 15 is 0 Å². The number of ether oxygens (including phenoxy) is 2. The molecule has 9 heteroatoms. The first-order valence-corrected chi connectivity index (χ1v) is 10.9. The molecule has 0 bridgehead atoms. The molecule has 0 aliphatic carbocycles. The number of nitrogens with one attached hydrogen (secondary N) is 3. The Balaban J connectivity index is 1.39. The molecule has 0 unspecified atom stereocenters. The summed E-state index contributed by atoms with van der Waals surface area (Å²) in [4.78, 5) is 36.3. The van der Waals surface area contributed by atoms with E-state index in [1.54, 1.807) is 72.8 Å². The lowest BCUT2D eigenvalue weighted by molar-refractivity contribution is -0.120. The zero-order valence-corrected chi connectivity index (χ0v) is 19.2. The van der Waals surface area contributed by atoms with Crippen LogP contribution in [0.25, 0.3) is 0 Å². The summed E-state index contributed by atoms with van der Waals surface area (Å²) in [5.74, 6) is -0.136. The first-order chi connectivity index (χ1) is 16.4. The zero-order valence-electron chi connectivity index (χ0n) is 18.5. The highest BCUT2D eigenvalue weighted by Gasteiger charge is 2.10. The van der Waals surface area contributed by atoms with Gasteiger partial charge in [-0.15, -0.1) is 0 Å². The van der Waals surface area contributed by atoms with E-state index in [1.165, 1.54) is 0 Å². The first kappa shape index (κ1) is 24.6. The van der Waals surface area contributed by atoms with Crippen LogP contribution in [0.3, 0.4) is 0 Å². The number of rotatable bonds is 9. The van der Waals surface area contributed by atoms with E-state index in [4.69, 9.17) is 21.1 Å². The number of hydrogen-bond donors (Lipinski definition) is 3. The minimum absolute atomic E-state index is 0.298. The maximum atomic E-state index is 12.2. The molecule has 0 heterocycles. The van der Waals surface area contributed by atoms with Gasteiger partial charge in [-0.05, 0) is 73.2 Å². The van der Waals surface area contributed by atoms with Crippen molar-refractivity contribution < 1.29 is 23.9 Å². The molecular formula is C25H24ClN3O5. The number of carbonyl (C=O) groups is 3. The van der Waals surface area contributed by atoms with Gasteiger partial charge in [0.1, 0.15) is 18.1 Å². The van der Waals surface area contributed by atoms with Crippen molar-refractivity contribution in [1.29, 1.82) is 0 Å². The smallest absolute Gasteiger partial charge is 0.269 e. The van der Waals surface area contributed by atoms with Crippen molar-refractivity contribution in [3.05, 3.63) is 94.5 Å². The molecule has 0 atom stereocenters. The number of hydrazine groups is 1. The molecule has 0 saturated heterocycles. The highest BCUT2D eigenvalue weighted by Crippen LogP contribution is 2.17. The van der Waals surface area contributed by atoms with Crippen molar-refractivity contribution in [2.75, 3.05) is 13.2 Å². The number of amides is 3. The predicted octanol–water partition coefficient (Wildman–Crippen LogP) is 3.51. The van der Waals surface area contributed by atoms with Gasteiger partial charge in [0.25, 0.3) is 17.7 Å². The fraction of sp³-hybridized carbons (Fsp3) is 0.160. The van der Waals surface area contributed by atoms with Crippen LogP contribution in [0.4, 0.5) is 0 Å². The third kappa shape index (κ3) is 7.53. The van der Waals surface area contributed by atoms with Crippen LogP contribution < -0.4 is 25.6 Å². The lowest BCUT2D eigenvalue weighted by Gasteiger charge is -2.10. The van der Waals surface area contributed by atoms with Gasteiger partial charge in [-0.25, -0.2) is 0 Å². The van der Waals surface area contributed by atoms with Crippen molar-refractivity contribution in [3.63, 3.8) is 0 Å². The van der Waals surface area contributed by atoms with Gasteiger partial charge in [0.2, 0.25) is 0 Å². The molecule has 0 aliphatic heterocycles. The van der Waals surface area contributed by atoms with Gasteiger partial charge in [-0.1, -0.05) is 23.7 Å². The van der Waals surface area contributed by atoms with Crippen molar-refractivity contribution >= 4 is 29.3 Å². The summed E-state index contributed by atoms with van der Waals surface area (Å²) in [5, 5.41) is 3.12. The Hall–Kier alpha value is -4.04. The predicted molar refractivity (Wildman–Crippen MR) is 128 cm³/mol. The second-order valence-electron chi connectivity index (χ2n) is 7.08. The van der Waals surface area contributed by atoms with Gasteiger partial charge in [0.05, 0.1) is 13.2 Å². The highest BCUT2D eigenvalue weighted by atomic mass is 35.5. The lowest BCUT2D eigenvalue weighted by Crippen LogP contribution is -2.46. The molecule has 176 valence electrons. The minimum atomic E-state index is -0.569. The molecule has 3 aromatic carbocycles. The second-order valence-corrected chi connectivity index (χ2v) is 7.52. The average Bonchev–Trinajstić information content (AvgIpc) is 2.86. The van der Waals surface area contributed by atoms with Gasteiger partial charge in [0, 0.05) is 16.1 Å². The fourth-order valence-corrected chi connectivity index (χ4v) is 2.95. The Morgan fingerprint density at radius 1 is 0.735 bits per heavy atom. The van der Waals surface area contributed by atoms with Crippen LogP contribution >= 0.6 is 11.6 Å². The number of benzene rings is 3. The summed E-state index contributed by atoms with van der Waals surface area (Å²) < 4.78 is 11.0. The van der Waals surface area contributed by atoms with E-state index in [2.05, 4.69) is 16.2 Å². The highest BCUT2D eigenvalue weighted by molar-refractivity contribution is 6.30. The minimum Gasteiger partial charge on any atom is -0.494 e. The summed E-state index contributed by atoms with van der Waals surface area (Å²) in [6.45, 7) is 2.42. The van der Waals surface area contributed by atoms with E-state index in [0.717, 1.165) is 5.56 Å². The van der Waals surface area contributed by atoms with E-state index < -0.39 is 17.7 Å². The van der Waals surface area contributed by atoms with Crippen molar-refractivity contribution in [2.24, 2.45) is 0 Å². The number of hydrogen-bond acceptors (Lipinski definition) is 5. The third-order valence-corrected chi connectivity index (χ3v) is 4.84. The Bertz CT molecular complexity index is 1120. The molecule has 0 fully saturated rings. The topological polar surface area (TPSA) is 106 Å². The van der Waals surface area contributed by atoms with Gasteiger partial charge < -0.3 is 14.8 Å². The summed E-state index contributed by atoms with van der Waals surface area (Å²) >= 11 is 5.85. The first-order valence-electron chi connectivity index (χ1n) is 10.5. The summed E-state index contributed by atoms with van der Waals surface area (Å²) in [6, 6.07) is 20.3. The standard InChI is InChI=1S/C25H24ClN3O5/c1-2-33-21-11-7-18(8-12-21)24(31)27-15-23(30)28-29-25(32)19-5-3-17(4-6-19)16-34-22-13-9-20(26)10-14-22/h3-14H,2,15-16H2,1H3,(H,27,31)(H,28,30)(H,29,32). The number of halogens is 1. The maximum absolute atomic E-state index is 12.2. The summed E-state index contributed by atoms with van der Waals surface area (Å²) in [5.41, 5.74) is 6.20. The molecule has 0 saturated carbocycles. The fourth-order valence-electron chi connectivity index (χ4n) is 2.82. The largest absolute Gasteiger partial charge is 0.494 e. The molecule has 0 aliphatic rings. The van der Waals surface area contributed by atoms with Crippen molar-refractivity contribution in [1.82, 2.24) is 16.2 Å². The van der Waals surface area contributed by atoms with E-state index in [1.807, 2.05) is 6.92 Å². The van der Waals surface area contributed by atoms with Crippen LogP contribution in [-0.2, 0) is 11.4 Å². The normalized spacial score (nSPS) is 10.2. The molecular weight excluding hydrogens is 458 g/mol. The summed E-state index contributed by atoms with van der Waals surface area (Å²) in [6.07, 6.45) is 0. The average molecular weight is 482 g/mol. The van der Waals surface area contributed by atoms with Gasteiger partial charge in [-0.2, -0.15) is 0 Å². The Morgan fingerprint density at radius 2 is 1.29 bits per heavy atom. The molecule has 3 aromatic rings. The number of carbonyl (C=O) groups excluding carboxylic acids is 3. The molecule has 0 radical (unpaired) electrons. The molecule has 34 heavy (non-hydrogen) atoms. The van der Waals surface area contributed by atoms with E-state index in [0.29, 0.717) is 40.9 Å². The molecule has 8 nitrogen and oxygen atoms in total. The third-order valence-electron chi connectivity index (χ3n) is 4.59.